The van der Waals surface area contributed by atoms with Crippen molar-refractivity contribution in [3.05, 3.63) is 17.5 Å². The van der Waals surface area contributed by atoms with Crippen molar-refractivity contribution in [2.45, 2.75) is 13.1 Å². The van der Waals surface area contributed by atoms with Crippen LogP contribution in [0.4, 0.5) is 19.1 Å². The van der Waals surface area contributed by atoms with Gasteiger partial charge in [0, 0.05) is 18.8 Å². The Morgan fingerprint density at radius 3 is 2.60 bits per heavy atom. The normalized spacial score (nSPS) is 11.5. The van der Waals surface area contributed by atoms with Crippen LogP contribution in [0.3, 0.4) is 0 Å². The molecule has 0 atom stereocenters. The summed E-state index contributed by atoms with van der Waals surface area (Å²) in [4.78, 5) is 7.15. The van der Waals surface area contributed by atoms with Gasteiger partial charge in [-0.15, -0.1) is 0 Å². The van der Waals surface area contributed by atoms with E-state index in [0.717, 1.165) is 6.07 Å². The van der Waals surface area contributed by atoms with Crippen LogP contribution in [0.2, 0.25) is 0 Å². The number of alkyl halides is 3. The highest BCUT2D eigenvalue weighted by molar-refractivity contribution is 5.28. The minimum atomic E-state index is -4.45. The van der Waals surface area contributed by atoms with Crippen molar-refractivity contribution >= 4 is 5.95 Å². The fraction of sp³-hybridized carbons (Fsp3) is 0.500. The summed E-state index contributed by atoms with van der Waals surface area (Å²) >= 11 is 0. The number of anilines is 1. The smallest absolute Gasteiger partial charge is 0.353 e. The maximum atomic E-state index is 12.3. The fourth-order valence-corrected chi connectivity index (χ4v) is 0.977. The Labute approximate surface area is 84.7 Å². The summed E-state index contributed by atoms with van der Waals surface area (Å²) in [6.45, 7) is 2.12. The zero-order chi connectivity index (χ0) is 11.5. The molecule has 0 amide bonds. The first-order valence-corrected chi connectivity index (χ1v) is 4.30. The van der Waals surface area contributed by atoms with E-state index >= 15 is 0 Å². The Hall–Kier alpha value is -1.37. The number of hydrogen-bond acceptors (Lipinski definition) is 4. The standard InChI is InChI=1S/C8H11F3N4/c1-5-4-6(8(9,10)11)15-7(14-5)13-3-2-12/h4H,2-3,12H2,1H3,(H,13,14,15). The molecule has 1 rings (SSSR count). The lowest BCUT2D eigenvalue weighted by Gasteiger charge is -2.09. The van der Waals surface area contributed by atoms with E-state index in [9.17, 15) is 13.2 Å². The molecule has 0 aliphatic carbocycles. The van der Waals surface area contributed by atoms with E-state index in [4.69, 9.17) is 5.73 Å². The number of hydrogen-bond donors (Lipinski definition) is 2. The third-order valence-electron chi connectivity index (χ3n) is 1.57. The number of nitrogens with one attached hydrogen (secondary N) is 1. The van der Waals surface area contributed by atoms with Crippen molar-refractivity contribution in [3.8, 4) is 0 Å². The average Bonchev–Trinajstić information content (AvgIpc) is 2.12. The molecule has 1 aromatic heterocycles. The van der Waals surface area contributed by atoms with Crippen molar-refractivity contribution in [2.75, 3.05) is 18.4 Å². The Balaban J connectivity index is 2.95. The monoisotopic (exact) mass is 220 g/mol. The van der Waals surface area contributed by atoms with Gasteiger partial charge in [-0.1, -0.05) is 0 Å². The number of halogens is 3. The molecule has 15 heavy (non-hydrogen) atoms. The van der Waals surface area contributed by atoms with Gasteiger partial charge in [0.25, 0.3) is 0 Å². The summed E-state index contributed by atoms with van der Waals surface area (Å²) in [7, 11) is 0. The number of nitrogens with two attached hydrogens (primary N) is 1. The molecule has 4 nitrogen and oxygen atoms in total. The summed E-state index contributed by atoms with van der Waals surface area (Å²) in [6.07, 6.45) is -4.45. The van der Waals surface area contributed by atoms with E-state index in [1.807, 2.05) is 0 Å². The SMILES string of the molecule is Cc1cc(C(F)(F)F)nc(NCCN)n1. The molecule has 0 aromatic carbocycles. The number of aryl methyl sites for hydroxylation is 1. The molecular weight excluding hydrogens is 209 g/mol. The van der Waals surface area contributed by atoms with Crippen molar-refractivity contribution in [2.24, 2.45) is 5.73 Å². The predicted molar refractivity (Wildman–Crippen MR) is 49.3 cm³/mol. The average molecular weight is 220 g/mol. The van der Waals surface area contributed by atoms with Gasteiger partial charge in [-0.25, -0.2) is 9.97 Å². The van der Waals surface area contributed by atoms with Gasteiger partial charge >= 0.3 is 6.18 Å². The molecule has 0 fully saturated rings. The molecule has 3 N–H and O–H groups in total. The largest absolute Gasteiger partial charge is 0.433 e. The second-order valence-corrected chi connectivity index (χ2v) is 2.93. The second kappa shape index (κ2) is 4.43. The summed E-state index contributed by atoms with van der Waals surface area (Å²) in [5.41, 5.74) is 4.51. The van der Waals surface area contributed by atoms with E-state index in [1.165, 1.54) is 6.92 Å². The molecule has 0 radical (unpaired) electrons. The van der Waals surface area contributed by atoms with Crippen molar-refractivity contribution in [1.29, 1.82) is 0 Å². The zero-order valence-electron chi connectivity index (χ0n) is 8.10. The summed E-state index contributed by atoms with van der Waals surface area (Å²) < 4.78 is 37.0. The molecule has 0 aliphatic rings. The minimum absolute atomic E-state index is 0.0484. The molecule has 0 spiro atoms. The molecule has 1 aromatic rings. The highest BCUT2D eigenvalue weighted by Gasteiger charge is 2.33. The molecule has 0 unspecified atom stereocenters. The molecule has 84 valence electrons. The van der Waals surface area contributed by atoms with Crippen LogP contribution in [0.25, 0.3) is 0 Å². The van der Waals surface area contributed by atoms with Gasteiger partial charge in [0.1, 0.15) is 5.69 Å². The molecule has 0 bridgehead atoms. The Kier molecular flexibility index (Phi) is 3.46. The summed E-state index contributed by atoms with van der Waals surface area (Å²) in [5.74, 6) is -0.0484. The summed E-state index contributed by atoms with van der Waals surface area (Å²) in [6, 6.07) is 0.896. The first kappa shape index (κ1) is 11.7. The van der Waals surface area contributed by atoms with E-state index < -0.39 is 11.9 Å². The van der Waals surface area contributed by atoms with Gasteiger partial charge in [0.2, 0.25) is 5.95 Å². The van der Waals surface area contributed by atoms with E-state index in [2.05, 4.69) is 15.3 Å². The lowest BCUT2D eigenvalue weighted by atomic mass is 10.3. The quantitative estimate of drug-likeness (QED) is 0.802. The fourth-order valence-electron chi connectivity index (χ4n) is 0.977. The van der Waals surface area contributed by atoms with Crippen LogP contribution >= 0.6 is 0 Å². The number of aromatic nitrogens is 2. The van der Waals surface area contributed by atoms with Crippen LogP contribution in [-0.2, 0) is 6.18 Å². The Bertz CT molecular complexity index is 337. The van der Waals surface area contributed by atoms with Crippen molar-refractivity contribution in [3.63, 3.8) is 0 Å². The molecule has 0 saturated heterocycles. The van der Waals surface area contributed by atoms with E-state index in [0.29, 0.717) is 13.1 Å². The Morgan fingerprint density at radius 1 is 1.40 bits per heavy atom. The van der Waals surface area contributed by atoms with Crippen LogP contribution in [0.5, 0.6) is 0 Å². The molecule has 0 aliphatic heterocycles. The third-order valence-corrected chi connectivity index (χ3v) is 1.57. The molecular formula is C8H11F3N4. The topological polar surface area (TPSA) is 63.8 Å². The van der Waals surface area contributed by atoms with Crippen molar-refractivity contribution < 1.29 is 13.2 Å². The van der Waals surface area contributed by atoms with Crippen LogP contribution in [0.15, 0.2) is 6.07 Å². The molecule has 7 heteroatoms. The highest BCUT2D eigenvalue weighted by Crippen LogP contribution is 2.28. The van der Waals surface area contributed by atoms with Gasteiger partial charge in [-0.3, -0.25) is 0 Å². The number of nitrogens with zero attached hydrogens (tertiary/aromatic N) is 2. The number of rotatable bonds is 3. The van der Waals surface area contributed by atoms with Gasteiger partial charge in [0.15, 0.2) is 0 Å². The first-order chi connectivity index (χ1) is 6.93. The first-order valence-electron chi connectivity index (χ1n) is 4.30. The zero-order valence-corrected chi connectivity index (χ0v) is 8.10. The van der Waals surface area contributed by atoms with E-state index in [1.54, 1.807) is 0 Å². The van der Waals surface area contributed by atoms with Gasteiger partial charge in [-0.2, -0.15) is 13.2 Å². The third kappa shape index (κ3) is 3.35. The van der Waals surface area contributed by atoms with E-state index in [-0.39, 0.29) is 11.6 Å². The van der Waals surface area contributed by atoms with Crippen molar-refractivity contribution in [1.82, 2.24) is 9.97 Å². The molecule has 1 heterocycles. The molecule has 0 saturated carbocycles. The second-order valence-electron chi connectivity index (χ2n) is 2.93. The van der Waals surface area contributed by atoms with Crippen LogP contribution in [0.1, 0.15) is 11.4 Å². The van der Waals surface area contributed by atoms with Crippen LogP contribution < -0.4 is 11.1 Å². The Morgan fingerprint density at radius 2 is 2.07 bits per heavy atom. The van der Waals surface area contributed by atoms with Crippen LogP contribution in [0, 0.1) is 6.92 Å². The lowest BCUT2D eigenvalue weighted by molar-refractivity contribution is -0.141. The predicted octanol–water partition coefficient (Wildman–Crippen LogP) is 1.17. The maximum absolute atomic E-state index is 12.3. The highest BCUT2D eigenvalue weighted by atomic mass is 19.4. The van der Waals surface area contributed by atoms with Crippen LogP contribution in [-0.4, -0.2) is 23.1 Å². The van der Waals surface area contributed by atoms with Gasteiger partial charge in [-0.05, 0) is 13.0 Å². The lowest BCUT2D eigenvalue weighted by Crippen LogP contribution is -2.17. The van der Waals surface area contributed by atoms with Gasteiger partial charge < -0.3 is 11.1 Å². The minimum Gasteiger partial charge on any atom is -0.353 e. The maximum Gasteiger partial charge on any atom is 0.433 e. The summed E-state index contributed by atoms with van der Waals surface area (Å²) in [5, 5.41) is 2.60. The van der Waals surface area contributed by atoms with Gasteiger partial charge in [0.05, 0.1) is 0 Å².